The van der Waals surface area contributed by atoms with E-state index in [2.05, 4.69) is 0 Å². The highest BCUT2D eigenvalue weighted by molar-refractivity contribution is 6.30. The van der Waals surface area contributed by atoms with E-state index >= 15 is 0 Å². The molecule has 146 valence electrons. The van der Waals surface area contributed by atoms with E-state index in [-0.39, 0.29) is 5.43 Å². The van der Waals surface area contributed by atoms with Crippen LogP contribution >= 0.6 is 11.6 Å². The molecule has 0 N–H and O–H groups in total. The number of carbonyl (C=O) groups excluding carboxylic acids is 1. The number of esters is 1. The highest BCUT2D eigenvalue weighted by atomic mass is 35.5. The van der Waals surface area contributed by atoms with Crippen molar-refractivity contribution in [2.75, 3.05) is 6.61 Å². The van der Waals surface area contributed by atoms with Crippen molar-refractivity contribution in [3.05, 3.63) is 64.0 Å². The maximum Gasteiger partial charge on any atom is 0.347 e. The van der Waals surface area contributed by atoms with Gasteiger partial charge in [-0.15, -0.1) is 0 Å². The molecule has 1 heterocycles. The number of carbonyl (C=O) groups is 1. The molecule has 3 rings (SSSR count). The molecule has 1 aromatic heterocycles. The summed E-state index contributed by atoms with van der Waals surface area (Å²) in [7, 11) is 0. The summed E-state index contributed by atoms with van der Waals surface area (Å²) in [4.78, 5) is 24.9. The average Bonchev–Trinajstić information content (AvgIpc) is 2.71. The Morgan fingerprint density at radius 3 is 2.57 bits per heavy atom. The minimum absolute atomic E-state index is 0.149. The molecule has 0 aliphatic heterocycles. The largest absolute Gasteiger partial charge is 0.479 e. The van der Waals surface area contributed by atoms with Crippen LogP contribution in [0.2, 0.25) is 5.02 Å². The van der Waals surface area contributed by atoms with Crippen LogP contribution in [0.4, 0.5) is 0 Å². The molecule has 0 unspecified atom stereocenters. The fourth-order valence-corrected chi connectivity index (χ4v) is 2.89. The van der Waals surface area contributed by atoms with Gasteiger partial charge in [0.25, 0.3) is 0 Å². The Hall–Kier alpha value is -2.79. The maximum atomic E-state index is 12.8. The van der Waals surface area contributed by atoms with Crippen LogP contribution in [0.3, 0.4) is 0 Å². The molecule has 0 fully saturated rings. The number of rotatable bonds is 7. The lowest BCUT2D eigenvalue weighted by Gasteiger charge is -2.16. The van der Waals surface area contributed by atoms with Crippen LogP contribution in [-0.4, -0.2) is 18.7 Å². The molecule has 28 heavy (non-hydrogen) atoms. The zero-order chi connectivity index (χ0) is 20.1. The van der Waals surface area contributed by atoms with Gasteiger partial charge in [-0.1, -0.05) is 37.6 Å². The Kier molecular flexibility index (Phi) is 6.37. The molecular formula is C22H21ClO5. The Morgan fingerprint density at radius 2 is 1.89 bits per heavy atom. The summed E-state index contributed by atoms with van der Waals surface area (Å²) in [5.74, 6) is 0.0409. The Labute approximate surface area is 167 Å². The van der Waals surface area contributed by atoms with Gasteiger partial charge < -0.3 is 13.9 Å². The van der Waals surface area contributed by atoms with Gasteiger partial charge in [0.05, 0.1) is 17.6 Å². The lowest BCUT2D eigenvalue weighted by Crippen LogP contribution is -2.28. The molecular weight excluding hydrogens is 380 g/mol. The molecule has 3 aromatic rings. The van der Waals surface area contributed by atoms with Gasteiger partial charge in [-0.3, -0.25) is 4.79 Å². The average molecular weight is 401 g/mol. The maximum absolute atomic E-state index is 12.8. The van der Waals surface area contributed by atoms with Gasteiger partial charge in [-0.2, -0.15) is 0 Å². The summed E-state index contributed by atoms with van der Waals surface area (Å²) < 4.78 is 16.6. The number of halogens is 1. The molecule has 5 nitrogen and oxygen atoms in total. The molecule has 0 aliphatic carbocycles. The van der Waals surface area contributed by atoms with Crippen molar-refractivity contribution < 1.29 is 18.7 Å². The van der Waals surface area contributed by atoms with Crippen LogP contribution in [0.25, 0.3) is 22.1 Å². The van der Waals surface area contributed by atoms with Crippen LogP contribution in [0, 0.1) is 0 Å². The van der Waals surface area contributed by atoms with Crippen molar-refractivity contribution in [3.63, 3.8) is 0 Å². The van der Waals surface area contributed by atoms with E-state index in [0.29, 0.717) is 40.3 Å². The van der Waals surface area contributed by atoms with Gasteiger partial charge in [0, 0.05) is 11.1 Å². The number of ether oxygens (including phenoxy) is 2. The van der Waals surface area contributed by atoms with Gasteiger partial charge in [0.2, 0.25) is 0 Å². The van der Waals surface area contributed by atoms with E-state index in [4.69, 9.17) is 25.5 Å². The van der Waals surface area contributed by atoms with E-state index in [9.17, 15) is 9.59 Å². The summed E-state index contributed by atoms with van der Waals surface area (Å²) >= 11 is 5.91. The van der Waals surface area contributed by atoms with Crippen molar-refractivity contribution in [3.8, 4) is 16.9 Å². The molecule has 0 saturated heterocycles. The third kappa shape index (κ3) is 4.37. The molecule has 0 spiro atoms. The van der Waals surface area contributed by atoms with Gasteiger partial charge in [0.1, 0.15) is 17.6 Å². The number of benzene rings is 2. The summed E-state index contributed by atoms with van der Waals surface area (Å²) in [5, 5.41) is 1.03. The molecule has 0 radical (unpaired) electrons. The molecule has 1 atom stereocenters. The third-order valence-corrected chi connectivity index (χ3v) is 4.51. The van der Waals surface area contributed by atoms with Crippen LogP contribution in [0.1, 0.15) is 26.7 Å². The minimum Gasteiger partial charge on any atom is -0.479 e. The minimum atomic E-state index is -0.705. The third-order valence-electron chi connectivity index (χ3n) is 4.26. The topological polar surface area (TPSA) is 65.7 Å². The lowest BCUT2D eigenvalue weighted by atomic mass is 10.1. The standard InChI is InChI=1S/C22H21ClO5/c1-3-11-26-22(25)19(4-2)28-16-9-10-17-20(12-16)27-13-18(21(17)24)14-5-7-15(23)8-6-14/h5-10,12-13,19H,3-4,11H2,1-2H3/t19-/m0/s1. The van der Waals surface area contributed by atoms with Crippen LogP contribution < -0.4 is 10.2 Å². The fraction of sp³-hybridized carbons (Fsp3) is 0.273. The number of hydrogen-bond acceptors (Lipinski definition) is 5. The molecule has 0 amide bonds. The van der Waals surface area contributed by atoms with E-state index in [1.807, 2.05) is 13.8 Å². The second-order valence-corrected chi connectivity index (χ2v) is 6.76. The zero-order valence-corrected chi connectivity index (χ0v) is 16.5. The van der Waals surface area contributed by atoms with Gasteiger partial charge in [-0.25, -0.2) is 4.79 Å². The fourth-order valence-electron chi connectivity index (χ4n) is 2.77. The highest BCUT2D eigenvalue weighted by Gasteiger charge is 2.20. The summed E-state index contributed by atoms with van der Waals surface area (Å²) in [6, 6.07) is 11.9. The predicted molar refractivity (Wildman–Crippen MR) is 109 cm³/mol. The van der Waals surface area contributed by atoms with Crippen LogP contribution in [0.15, 0.2) is 57.9 Å². The Bertz CT molecular complexity index is 1020. The highest BCUT2D eigenvalue weighted by Crippen LogP contribution is 2.25. The van der Waals surface area contributed by atoms with Crippen molar-refractivity contribution in [1.29, 1.82) is 0 Å². The number of fused-ring (bicyclic) bond motifs is 1. The lowest BCUT2D eigenvalue weighted by molar-refractivity contribution is -0.152. The van der Waals surface area contributed by atoms with Crippen molar-refractivity contribution >= 4 is 28.5 Å². The van der Waals surface area contributed by atoms with E-state index < -0.39 is 12.1 Å². The van der Waals surface area contributed by atoms with E-state index in [1.165, 1.54) is 6.26 Å². The molecule has 2 aromatic carbocycles. The van der Waals surface area contributed by atoms with Crippen LogP contribution in [-0.2, 0) is 9.53 Å². The second kappa shape index (κ2) is 8.93. The van der Waals surface area contributed by atoms with E-state index in [1.54, 1.807) is 42.5 Å². The van der Waals surface area contributed by atoms with Crippen LogP contribution in [0.5, 0.6) is 5.75 Å². The summed E-state index contributed by atoms with van der Waals surface area (Å²) in [5.41, 5.74) is 1.42. The predicted octanol–water partition coefficient (Wildman–Crippen LogP) is 5.22. The molecule has 6 heteroatoms. The van der Waals surface area contributed by atoms with Gasteiger partial charge in [0.15, 0.2) is 11.5 Å². The smallest absolute Gasteiger partial charge is 0.347 e. The first-order chi connectivity index (χ1) is 13.5. The first-order valence-electron chi connectivity index (χ1n) is 9.18. The Morgan fingerprint density at radius 1 is 1.14 bits per heavy atom. The Balaban J connectivity index is 1.88. The molecule has 0 aliphatic rings. The molecule has 0 saturated carbocycles. The zero-order valence-electron chi connectivity index (χ0n) is 15.7. The van der Waals surface area contributed by atoms with Crippen molar-refractivity contribution in [2.24, 2.45) is 0 Å². The second-order valence-electron chi connectivity index (χ2n) is 6.33. The van der Waals surface area contributed by atoms with Gasteiger partial charge in [-0.05, 0) is 42.7 Å². The van der Waals surface area contributed by atoms with Crippen molar-refractivity contribution in [2.45, 2.75) is 32.8 Å². The first kappa shape index (κ1) is 20.0. The van der Waals surface area contributed by atoms with E-state index in [0.717, 1.165) is 12.0 Å². The quantitative estimate of drug-likeness (QED) is 0.508. The van der Waals surface area contributed by atoms with Crippen molar-refractivity contribution in [1.82, 2.24) is 0 Å². The summed E-state index contributed by atoms with van der Waals surface area (Å²) in [6.07, 6.45) is 1.94. The van der Waals surface area contributed by atoms with Gasteiger partial charge >= 0.3 is 5.97 Å². The molecule has 0 bridgehead atoms. The summed E-state index contributed by atoms with van der Waals surface area (Å²) in [6.45, 7) is 4.13. The normalized spacial score (nSPS) is 12.0. The number of hydrogen-bond donors (Lipinski definition) is 0. The SMILES string of the molecule is CCCOC(=O)[C@H](CC)Oc1ccc2c(=O)c(-c3ccc(Cl)cc3)coc2c1. The first-order valence-corrected chi connectivity index (χ1v) is 9.56. The monoisotopic (exact) mass is 400 g/mol.